The summed E-state index contributed by atoms with van der Waals surface area (Å²) < 4.78 is 5.49. The average molecular weight is 154 g/mol. The third-order valence-electron chi connectivity index (χ3n) is 2.61. The smallest absolute Gasteiger partial charge is 0.130 e. The van der Waals surface area contributed by atoms with Crippen molar-refractivity contribution in [2.75, 3.05) is 0 Å². The zero-order valence-corrected chi connectivity index (χ0v) is 6.79. The van der Waals surface area contributed by atoms with E-state index in [1.807, 2.05) is 6.92 Å². The lowest BCUT2D eigenvalue weighted by atomic mass is 9.85. The van der Waals surface area contributed by atoms with Gasteiger partial charge in [-0.2, -0.15) is 0 Å². The van der Waals surface area contributed by atoms with Crippen molar-refractivity contribution in [2.45, 2.75) is 38.4 Å². The van der Waals surface area contributed by atoms with Crippen LogP contribution in [0.3, 0.4) is 0 Å². The quantitative estimate of drug-likeness (QED) is 0.572. The summed E-state index contributed by atoms with van der Waals surface area (Å²) in [6.45, 7) is 1.96. The lowest BCUT2D eigenvalue weighted by molar-refractivity contribution is -0.0318. The predicted octanol–water partition coefficient (Wildman–Crippen LogP) is 1.45. The zero-order chi connectivity index (χ0) is 7.84. The Morgan fingerprint density at radius 3 is 3.09 bits per heavy atom. The van der Waals surface area contributed by atoms with E-state index in [2.05, 4.69) is 6.08 Å². The first kappa shape index (κ1) is 7.17. The van der Waals surface area contributed by atoms with E-state index < -0.39 is 0 Å². The molecule has 2 rings (SSSR count). The maximum atomic E-state index is 9.54. The summed E-state index contributed by atoms with van der Waals surface area (Å²) in [5.74, 6) is 1.47. The fraction of sp³-hybridized carbons (Fsp3) is 0.778. The molecule has 2 nitrogen and oxygen atoms in total. The molecule has 0 radical (unpaired) electrons. The molecule has 0 aromatic heterocycles. The van der Waals surface area contributed by atoms with Crippen molar-refractivity contribution in [1.82, 2.24) is 0 Å². The van der Waals surface area contributed by atoms with E-state index in [1.54, 1.807) is 0 Å². The lowest BCUT2D eigenvalue weighted by Gasteiger charge is -2.28. The van der Waals surface area contributed by atoms with Crippen LogP contribution in [0.25, 0.3) is 0 Å². The number of aliphatic hydroxyl groups is 1. The number of hydrogen-bond acceptors (Lipinski definition) is 2. The fourth-order valence-electron chi connectivity index (χ4n) is 2.08. The van der Waals surface area contributed by atoms with Crippen molar-refractivity contribution in [3.63, 3.8) is 0 Å². The summed E-state index contributed by atoms with van der Waals surface area (Å²) in [7, 11) is 0. The van der Waals surface area contributed by atoms with Crippen LogP contribution in [0.1, 0.15) is 26.2 Å². The summed E-state index contributed by atoms with van der Waals surface area (Å²) in [5, 5.41) is 9.54. The highest BCUT2D eigenvalue weighted by atomic mass is 16.5. The molecule has 3 unspecified atom stereocenters. The number of ether oxygens (including phenoxy) is 1. The molecule has 1 aliphatic carbocycles. The minimum absolute atomic E-state index is 0.0729. The normalized spacial score (nSPS) is 42.7. The Morgan fingerprint density at radius 1 is 1.55 bits per heavy atom. The van der Waals surface area contributed by atoms with E-state index in [9.17, 15) is 5.11 Å². The minimum atomic E-state index is -0.234. The van der Waals surface area contributed by atoms with E-state index in [4.69, 9.17) is 4.74 Å². The summed E-state index contributed by atoms with van der Waals surface area (Å²) >= 11 is 0. The first-order chi connectivity index (χ1) is 5.27. The maximum Gasteiger partial charge on any atom is 0.130 e. The van der Waals surface area contributed by atoms with Crippen molar-refractivity contribution in [3.8, 4) is 0 Å². The molecule has 1 fully saturated rings. The first-order valence-electron chi connectivity index (χ1n) is 4.30. The Bertz CT molecular complexity index is 186. The molecule has 11 heavy (non-hydrogen) atoms. The Labute approximate surface area is 66.9 Å². The zero-order valence-electron chi connectivity index (χ0n) is 6.79. The monoisotopic (exact) mass is 154 g/mol. The SMILES string of the molecule is CC1=CC2CCCC(O)C2O1. The second-order valence-electron chi connectivity index (χ2n) is 3.52. The summed E-state index contributed by atoms with van der Waals surface area (Å²) in [6.07, 6.45) is 5.20. The van der Waals surface area contributed by atoms with E-state index in [0.29, 0.717) is 5.92 Å². The number of rotatable bonds is 0. The standard InChI is InChI=1S/C9H14O2/c1-6-5-7-3-2-4-8(10)9(7)11-6/h5,7-10H,2-4H2,1H3. The van der Waals surface area contributed by atoms with E-state index in [1.165, 1.54) is 6.42 Å². The van der Waals surface area contributed by atoms with Crippen LogP contribution in [0.5, 0.6) is 0 Å². The minimum Gasteiger partial charge on any atom is -0.492 e. The lowest BCUT2D eigenvalue weighted by Crippen LogP contribution is -2.35. The molecule has 1 aliphatic heterocycles. The first-order valence-corrected chi connectivity index (χ1v) is 4.30. The summed E-state index contributed by atoms with van der Waals surface area (Å²) in [5.41, 5.74) is 0. The van der Waals surface area contributed by atoms with Gasteiger partial charge in [0.25, 0.3) is 0 Å². The average Bonchev–Trinajstić information content (AvgIpc) is 2.31. The van der Waals surface area contributed by atoms with Crippen LogP contribution in [-0.4, -0.2) is 17.3 Å². The molecule has 62 valence electrons. The molecule has 1 saturated carbocycles. The van der Waals surface area contributed by atoms with Gasteiger partial charge in [-0.1, -0.05) is 6.42 Å². The number of fused-ring (bicyclic) bond motifs is 1. The van der Waals surface area contributed by atoms with Crippen LogP contribution in [0, 0.1) is 5.92 Å². The van der Waals surface area contributed by atoms with Crippen molar-refractivity contribution in [2.24, 2.45) is 5.92 Å². The molecule has 0 aromatic rings. The van der Waals surface area contributed by atoms with Gasteiger partial charge in [0, 0.05) is 5.92 Å². The van der Waals surface area contributed by atoms with Crippen molar-refractivity contribution < 1.29 is 9.84 Å². The molecule has 2 aliphatic rings. The Morgan fingerprint density at radius 2 is 2.36 bits per heavy atom. The Kier molecular flexibility index (Phi) is 1.64. The van der Waals surface area contributed by atoms with Crippen LogP contribution >= 0.6 is 0 Å². The molecule has 0 spiro atoms. The molecule has 0 bridgehead atoms. The van der Waals surface area contributed by atoms with Crippen LogP contribution in [-0.2, 0) is 4.74 Å². The van der Waals surface area contributed by atoms with Gasteiger partial charge >= 0.3 is 0 Å². The molecular weight excluding hydrogens is 140 g/mol. The van der Waals surface area contributed by atoms with Crippen LogP contribution < -0.4 is 0 Å². The van der Waals surface area contributed by atoms with E-state index in [-0.39, 0.29) is 12.2 Å². The highest BCUT2D eigenvalue weighted by molar-refractivity contribution is 5.07. The van der Waals surface area contributed by atoms with Crippen molar-refractivity contribution >= 4 is 0 Å². The van der Waals surface area contributed by atoms with Gasteiger partial charge in [-0.05, 0) is 25.8 Å². The van der Waals surface area contributed by atoms with Gasteiger partial charge in [0.2, 0.25) is 0 Å². The number of allylic oxidation sites excluding steroid dienone is 1. The Balaban J connectivity index is 2.10. The third-order valence-corrected chi connectivity index (χ3v) is 2.61. The maximum absolute atomic E-state index is 9.54. The second-order valence-corrected chi connectivity index (χ2v) is 3.52. The largest absolute Gasteiger partial charge is 0.492 e. The number of hydrogen-bond donors (Lipinski definition) is 1. The van der Waals surface area contributed by atoms with E-state index in [0.717, 1.165) is 18.6 Å². The van der Waals surface area contributed by atoms with Gasteiger partial charge in [0.1, 0.15) is 6.10 Å². The molecule has 0 saturated heterocycles. The number of aliphatic hydroxyl groups excluding tert-OH is 1. The highest BCUT2D eigenvalue weighted by Gasteiger charge is 2.36. The molecule has 3 atom stereocenters. The molecule has 1 heterocycles. The summed E-state index contributed by atoms with van der Waals surface area (Å²) in [4.78, 5) is 0. The second kappa shape index (κ2) is 2.52. The molecule has 2 heteroatoms. The van der Waals surface area contributed by atoms with Gasteiger partial charge in [-0.3, -0.25) is 0 Å². The summed E-state index contributed by atoms with van der Waals surface area (Å²) in [6, 6.07) is 0. The van der Waals surface area contributed by atoms with Crippen molar-refractivity contribution in [1.29, 1.82) is 0 Å². The van der Waals surface area contributed by atoms with Crippen LogP contribution in [0.4, 0.5) is 0 Å². The fourth-order valence-corrected chi connectivity index (χ4v) is 2.08. The van der Waals surface area contributed by atoms with Gasteiger partial charge in [-0.25, -0.2) is 0 Å². The molecule has 1 N–H and O–H groups in total. The Hall–Kier alpha value is -0.500. The van der Waals surface area contributed by atoms with E-state index >= 15 is 0 Å². The topological polar surface area (TPSA) is 29.5 Å². The molecule has 0 amide bonds. The van der Waals surface area contributed by atoms with Gasteiger partial charge in [0.15, 0.2) is 0 Å². The van der Waals surface area contributed by atoms with Gasteiger partial charge in [-0.15, -0.1) is 0 Å². The third kappa shape index (κ3) is 1.16. The van der Waals surface area contributed by atoms with Crippen molar-refractivity contribution in [3.05, 3.63) is 11.8 Å². The van der Waals surface area contributed by atoms with Crippen LogP contribution in [0.15, 0.2) is 11.8 Å². The van der Waals surface area contributed by atoms with Gasteiger partial charge < -0.3 is 9.84 Å². The molecular formula is C9H14O2. The van der Waals surface area contributed by atoms with Gasteiger partial charge in [0.05, 0.1) is 11.9 Å². The van der Waals surface area contributed by atoms with Crippen LogP contribution in [0.2, 0.25) is 0 Å². The molecule has 0 aromatic carbocycles. The predicted molar refractivity (Wildman–Crippen MR) is 42.0 cm³/mol. The highest BCUT2D eigenvalue weighted by Crippen LogP contribution is 2.34.